The number of carbonyl (C=O) groups is 1. The van der Waals surface area contributed by atoms with Crippen LogP contribution in [-0.2, 0) is 0 Å². The first kappa shape index (κ1) is 12.8. The van der Waals surface area contributed by atoms with Crippen molar-refractivity contribution < 1.29 is 9.53 Å². The summed E-state index contributed by atoms with van der Waals surface area (Å²) in [5.41, 5.74) is 1.36. The van der Waals surface area contributed by atoms with Crippen LogP contribution >= 0.6 is 15.9 Å². The predicted octanol–water partition coefficient (Wildman–Crippen LogP) is 4.60. The summed E-state index contributed by atoms with van der Waals surface area (Å²) < 4.78 is 6.61. The van der Waals surface area contributed by atoms with Gasteiger partial charge in [0.1, 0.15) is 11.5 Å². The van der Waals surface area contributed by atoms with E-state index in [1.54, 1.807) is 18.3 Å². The zero-order valence-electron chi connectivity index (χ0n) is 10.4. The van der Waals surface area contributed by atoms with E-state index in [0.29, 0.717) is 17.1 Å². The second-order valence-corrected chi connectivity index (χ2v) is 5.18. The quantitative estimate of drug-likeness (QED) is 0.660. The van der Waals surface area contributed by atoms with Gasteiger partial charge >= 0.3 is 0 Å². The molecule has 98 valence electrons. The zero-order valence-corrected chi connectivity index (χ0v) is 12.0. The van der Waals surface area contributed by atoms with Crippen molar-refractivity contribution in [2.45, 2.75) is 0 Å². The zero-order chi connectivity index (χ0) is 13.9. The molecule has 0 unspecified atom stereocenters. The van der Waals surface area contributed by atoms with Crippen LogP contribution in [0, 0.1) is 0 Å². The largest absolute Gasteiger partial charge is 0.457 e. The lowest BCUT2D eigenvalue weighted by Gasteiger charge is -2.09. The number of nitrogens with zero attached hydrogens (tertiary/aromatic N) is 1. The minimum Gasteiger partial charge on any atom is -0.457 e. The van der Waals surface area contributed by atoms with Crippen molar-refractivity contribution in [1.29, 1.82) is 0 Å². The highest BCUT2D eigenvalue weighted by Gasteiger charge is 2.06. The maximum atomic E-state index is 11.1. The molecule has 3 nitrogen and oxygen atoms in total. The van der Waals surface area contributed by atoms with Gasteiger partial charge in [0, 0.05) is 22.1 Å². The molecule has 0 spiro atoms. The number of aromatic nitrogens is 1. The SMILES string of the molecule is O=Cc1cc(Br)ccc1Oc1ccc2cccnc2c1. The van der Waals surface area contributed by atoms with Gasteiger partial charge in [-0.05, 0) is 36.4 Å². The molecule has 0 N–H and O–H groups in total. The van der Waals surface area contributed by atoms with E-state index in [9.17, 15) is 4.79 Å². The molecule has 0 atom stereocenters. The summed E-state index contributed by atoms with van der Waals surface area (Å²) in [6.07, 6.45) is 2.52. The maximum Gasteiger partial charge on any atom is 0.153 e. The van der Waals surface area contributed by atoms with E-state index >= 15 is 0 Å². The number of fused-ring (bicyclic) bond motifs is 1. The van der Waals surface area contributed by atoms with Gasteiger partial charge in [-0.15, -0.1) is 0 Å². The van der Waals surface area contributed by atoms with Crippen LogP contribution in [0.4, 0.5) is 0 Å². The molecule has 0 fully saturated rings. The maximum absolute atomic E-state index is 11.1. The summed E-state index contributed by atoms with van der Waals surface area (Å²) in [6.45, 7) is 0. The Morgan fingerprint density at radius 2 is 2.00 bits per heavy atom. The fourth-order valence-electron chi connectivity index (χ4n) is 1.94. The molecule has 0 saturated carbocycles. The topological polar surface area (TPSA) is 39.2 Å². The third-order valence-corrected chi connectivity index (χ3v) is 3.40. The molecule has 1 aromatic heterocycles. The van der Waals surface area contributed by atoms with Gasteiger partial charge < -0.3 is 4.74 Å². The molecule has 3 aromatic rings. The molecule has 0 bridgehead atoms. The van der Waals surface area contributed by atoms with Gasteiger partial charge in [-0.25, -0.2) is 0 Å². The van der Waals surface area contributed by atoms with Crippen molar-refractivity contribution in [2.24, 2.45) is 0 Å². The number of hydrogen-bond donors (Lipinski definition) is 0. The van der Waals surface area contributed by atoms with Crippen molar-refractivity contribution in [3.05, 3.63) is 64.8 Å². The van der Waals surface area contributed by atoms with Crippen LogP contribution in [-0.4, -0.2) is 11.3 Å². The molecule has 2 aromatic carbocycles. The number of hydrogen-bond acceptors (Lipinski definition) is 3. The van der Waals surface area contributed by atoms with Gasteiger partial charge in [-0.3, -0.25) is 9.78 Å². The first-order valence-electron chi connectivity index (χ1n) is 6.03. The Bertz CT molecular complexity index is 786. The van der Waals surface area contributed by atoms with Crippen molar-refractivity contribution in [2.75, 3.05) is 0 Å². The number of ether oxygens (including phenoxy) is 1. The number of pyridine rings is 1. The van der Waals surface area contributed by atoms with Gasteiger partial charge in [0.15, 0.2) is 6.29 Å². The molecular formula is C16H10BrNO2. The minimum absolute atomic E-state index is 0.500. The van der Waals surface area contributed by atoms with Crippen LogP contribution < -0.4 is 4.74 Å². The second kappa shape index (κ2) is 5.43. The third kappa shape index (κ3) is 2.56. The molecule has 0 radical (unpaired) electrons. The fraction of sp³-hybridized carbons (Fsp3) is 0. The summed E-state index contributed by atoms with van der Waals surface area (Å²) in [5.74, 6) is 1.18. The molecule has 4 heteroatoms. The minimum atomic E-state index is 0.500. The first-order valence-corrected chi connectivity index (χ1v) is 6.83. The van der Waals surface area contributed by atoms with Crippen LogP contribution in [0.15, 0.2) is 59.2 Å². The third-order valence-electron chi connectivity index (χ3n) is 2.90. The van der Waals surface area contributed by atoms with Crippen molar-refractivity contribution in [3.8, 4) is 11.5 Å². The average molecular weight is 328 g/mol. The molecule has 20 heavy (non-hydrogen) atoms. The highest BCUT2D eigenvalue weighted by Crippen LogP contribution is 2.28. The van der Waals surface area contributed by atoms with E-state index in [1.807, 2.05) is 36.4 Å². The Kier molecular flexibility index (Phi) is 3.48. The molecule has 0 aliphatic rings. The number of rotatable bonds is 3. The van der Waals surface area contributed by atoms with E-state index in [-0.39, 0.29) is 0 Å². The Labute approximate surface area is 124 Å². The lowest BCUT2D eigenvalue weighted by molar-refractivity contribution is 0.112. The monoisotopic (exact) mass is 327 g/mol. The predicted molar refractivity (Wildman–Crippen MR) is 81.3 cm³/mol. The Morgan fingerprint density at radius 3 is 2.85 bits per heavy atom. The van der Waals surface area contributed by atoms with E-state index in [1.165, 1.54) is 0 Å². The molecule has 0 amide bonds. The van der Waals surface area contributed by atoms with Gasteiger partial charge in [0.05, 0.1) is 11.1 Å². The van der Waals surface area contributed by atoms with Crippen LogP contribution in [0.3, 0.4) is 0 Å². The van der Waals surface area contributed by atoms with Crippen molar-refractivity contribution in [1.82, 2.24) is 4.98 Å². The molecule has 0 aliphatic carbocycles. The smallest absolute Gasteiger partial charge is 0.153 e. The van der Waals surface area contributed by atoms with Crippen LogP contribution in [0.1, 0.15) is 10.4 Å². The Hall–Kier alpha value is -2.20. The summed E-state index contributed by atoms with van der Waals surface area (Å²) in [5, 5.41) is 1.05. The number of halogens is 1. The summed E-state index contributed by atoms with van der Waals surface area (Å²) in [7, 11) is 0. The number of carbonyl (C=O) groups excluding carboxylic acids is 1. The highest BCUT2D eigenvalue weighted by atomic mass is 79.9. The summed E-state index contributed by atoms with van der Waals surface area (Å²) >= 11 is 3.33. The molecule has 0 saturated heterocycles. The Morgan fingerprint density at radius 1 is 1.10 bits per heavy atom. The highest BCUT2D eigenvalue weighted by molar-refractivity contribution is 9.10. The lowest BCUT2D eigenvalue weighted by atomic mass is 10.2. The van der Waals surface area contributed by atoms with Crippen molar-refractivity contribution in [3.63, 3.8) is 0 Å². The fourth-order valence-corrected chi connectivity index (χ4v) is 2.32. The Balaban J connectivity index is 1.98. The van der Waals surface area contributed by atoms with Crippen LogP contribution in [0.5, 0.6) is 11.5 Å². The second-order valence-electron chi connectivity index (χ2n) is 4.26. The first-order chi connectivity index (χ1) is 9.76. The van der Waals surface area contributed by atoms with E-state index < -0.39 is 0 Å². The van der Waals surface area contributed by atoms with Gasteiger partial charge in [0.2, 0.25) is 0 Å². The lowest BCUT2D eigenvalue weighted by Crippen LogP contribution is -1.91. The van der Waals surface area contributed by atoms with Crippen molar-refractivity contribution >= 4 is 33.1 Å². The van der Waals surface area contributed by atoms with Crippen LogP contribution in [0.2, 0.25) is 0 Å². The van der Waals surface area contributed by atoms with Crippen LogP contribution in [0.25, 0.3) is 10.9 Å². The molecule has 0 aliphatic heterocycles. The van der Waals surface area contributed by atoms with Gasteiger partial charge in [-0.2, -0.15) is 0 Å². The van der Waals surface area contributed by atoms with Gasteiger partial charge in [0.25, 0.3) is 0 Å². The summed E-state index contributed by atoms with van der Waals surface area (Å²) in [6, 6.07) is 14.9. The molecule has 3 rings (SSSR count). The molecular weight excluding hydrogens is 318 g/mol. The normalized spacial score (nSPS) is 10.4. The van der Waals surface area contributed by atoms with E-state index in [2.05, 4.69) is 20.9 Å². The van der Waals surface area contributed by atoms with E-state index in [4.69, 9.17) is 4.74 Å². The molecule has 1 heterocycles. The van der Waals surface area contributed by atoms with E-state index in [0.717, 1.165) is 21.7 Å². The number of aldehydes is 1. The standard InChI is InChI=1S/C16H10BrNO2/c17-13-4-6-16(12(8-13)10-19)20-14-5-3-11-2-1-7-18-15(11)9-14/h1-10H. The number of benzene rings is 2. The average Bonchev–Trinajstić information content (AvgIpc) is 2.49. The summed E-state index contributed by atoms with van der Waals surface area (Å²) in [4.78, 5) is 15.4. The van der Waals surface area contributed by atoms with Gasteiger partial charge in [-0.1, -0.05) is 22.0 Å².